The standard InChI is InChI=1S/C11H13F4N/c1-2-16-10(11(14)15)6-7-8(12)4-3-5-9(7)13/h3-5,10-11,16H,2,6H2,1H3. The second-order valence-electron chi connectivity index (χ2n) is 3.40. The van der Waals surface area contributed by atoms with E-state index in [4.69, 9.17) is 0 Å². The first-order valence-corrected chi connectivity index (χ1v) is 5.00. The van der Waals surface area contributed by atoms with Gasteiger partial charge in [0.1, 0.15) is 11.6 Å². The van der Waals surface area contributed by atoms with Crippen LogP contribution in [0, 0.1) is 11.6 Å². The average molecular weight is 235 g/mol. The molecule has 90 valence electrons. The number of hydrogen-bond acceptors (Lipinski definition) is 1. The molecule has 0 amide bonds. The highest BCUT2D eigenvalue weighted by molar-refractivity contribution is 5.20. The van der Waals surface area contributed by atoms with Crippen LogP contribution < -0.4 is 5.32 Å². The van der Waals surface area contributed by atoms with Gasteiger partial charge in [-0.05, 0) is 25.1 Å². The molecule has 1 aromatic carbocycles. The number of benzene rings is 1. The lowest BCUT2D eigenvalue weighted by Crippen LogP contribution is -2.37. The van der Waals surface area contributed by atoms with E-state index in [1.165, 1.54) is 6.07 Å². The number of nitrogens with one attached hydrogen (secondary N) is 1. The summed E-state index contributed by atoms with van der Waals surface area (Å²) >= 11 is 0. The Morgan fingerprint density at radius 3 is 2.19 bits per heavy atom. The first kappa shape index (κ1) is 13.0. The molecule has 0 saturated heterocycles. The van der Waals surface area contributed by atoms with E-state index in [2.05, 4.69) is 5.32 Å². The van der Waals surface area contributed by atoms with Gasteiger partial charge in [0.15, 0.2) is 0 Å². The van der Waals surface area contributed by atoms with Crippen LogP contribution in [-0.2, 0) is 6.42 Å². The lowest BCUT2D eigenvalue weighted by atomic mass is 10.0. The van der Waals surface area contributed by atoms with Crippen molar-refractivity contribution in [3.05, 3.63) is 35.4 Å². The van der Waals surface area contributed by atoms with E-state index < -0.39 is 24.1 Å². The summed E-state index contributed by atoms with van der Waals surface area (Å²) in [6.45, 7) is 1.98. The summed E-state index contributed by atoms with van der Waals surface area (Å²) in [7, 11) is 0. The lowest BCUT2D eigenvalue weighted by molar-refractivity contribution is 0.0983. The molecular weight excluding hydrogens is 222 g/mol. The van der Waals surface area contributed by atoms with Crippen molar-refractivity contribution in [1.82, 2.24) is 5.32 Å². The second-order valence-corrected chi connectivity index (χ2v) is 3.40. The molecule has 1 N–H and O–H groups in total. The molecule has 0 saturated carbocycles. The molecule has 1 nitrogen and oxygen atoms in total. The Morgan fingerprint density at radius 2 is 1.75 bits per heavy atom. The number of alkyl halides is 2. The molecule has 0 aliphatic rings. The Bertz CT molecular complexity index is 321. The molecule has 0 radical (unpaired) electrons. The van der Waals surface area contributed by atoms with Crippen molar-refractivity contribution in [2.45, 2.75) is 25.8 Å². The molecule has 1 atom stereocenters. The van der Waals surface area contributed by atoms with Crippen LogP contribution in [0.5, 0.6) is 0 Å². The van der Waals surface area contributed by atoms with Crippen molar-refractivity contribution in [1.29, 1.82) is 0 Å². The van der Waals surface area contributed by atoms with Crippen LogP contribution >= 0.6 is 0 Å². The third-order valence-electron chi connectivity index (χ3n) is 2.26. The van der Waals surface area contributed by atoms with Gasteiger partial charge in [-0.2, -0.15) is 0 Å². The Kier molecular flexibility index (Phi) is 4.73. The first-order chi connectivity index (χ1) is 7.56. The molecule has 0 fully saturated rings. The molecule has 1 unspecified atom stereocenters. The fourth-order valence-electron chi connectivity index (χ4n) is 1.46. The zero-order chi connectivity index (χ0) is 12.1. The largest absolute Gasteiger partial charge is 0.309 e. The van der Waals surface area contributed by atoms with Crippen LogP contribution in [0.2, 0.25) is 0 Å². The molecule has 0 bridgehead atoms. The SMILES string of the molecule is CCNC(Cc1c(F)cccc1F)C(F)F. The average Bonchev–Trinajstić information content (AvgIpc) is 2.21. The summed E-state index contributed by atoms with van der Waals surface area (Å²) in [6.07, 6.45) is -3.01. The van der Waals surface area contributed by atoms with Crippen LogP contribution in [0.25, 0.3) is 0 Å². The highest BCUT2D eigenvalue weighted by Crippen LogP contribution is 2.16. The van der Waals surface area contributed by atoms with E-state index in [-0.39, 0.29) is 12.0 Å². The summed E-state index contributed by atoms with van der Waals surface area (Å²) in [5.74, 6) is -1.58. The maximum atomic E-state index is 13.2. The first-order valence-electron chi connectivity index (χ1n) is 5.00. The van der Waals surface area contributed by atoms with Crippen LogP contribution in [0.3, 0.4) is 0 Å². The molecule has 0 spiro atoms. The monoisotopic (exact) mass is 235 g/mol. The zero-order valence-corrected chi connectivity index (χ0v) is 8.81. The molecule has 16 heavy (non-hydrogen) atoms. The van der Waals surface area contributed by atoms with E-state index in [1.807, 2.05) is 0 Å². The van der Waals surface area contributed by atoms with Gasteiger partial charge in [0.05, 0.1) is 6.04 Å². The molecule has 0 heterocycles. The van der Waals surface area contributed by atoms with Crippen LogP contribution in [0.4, 0.5) is 17.6 Å². The Labute approximate surface area is 91.5 Å². The van der Waals surface area contributed by atoms with E-state index in [0.717, 1.165) is 12.1 Å². The van der Waals surface area contributed by atoms with E-state index >= 15 is 0 Å². The van der Waals surface area contributed by atoms with Gasteiger partial charge in [0, 0.05) is 5.56 Å². The minimum atomic E-state index is -2.65. The third kappa shape index (κ3) is 3.20. The predicted octanol–water partition coefficient (Wildman–Crippen LogP) is 2.75. The number of hydrogen-bond donors (Lipinski definition) is 1. The lowest BCUT2D eigenvalue weighted by Gasteiger charge is -2.17. The summed E-state index contributed by atoms with van der Waals surface area (Å²) in [5, 5.41) is 2.50. The normalized spacial score (nSPS) is 13.1. The van der Waals surface area contributed by atoms with Gasteiger partial charge in [-0.3, -0.25) is 0 Å². The van der Waals surface area contributed by atoms with Crippen LogP contribution in [0.1, 0.15) is 12.5 Å². The zero-order valence-electron chi connectivity index (χ0n) is 8.81. The minimum Gasteiger partial charge on any atom is -0.309 e. The second kappa shape index (κ2) is 5.84. The van der Waals surface area contributed by atoms with E-state index in [9.17, 15) is 17.6 Å². The topological polar surface area (TPSA) is 12.0 Å². The highest BCUT2D eigenvalue weighted by atomic mass is 19.3. The maximum Gasteiger partial charge on any atom is 0.254 e. The van der Waals surface area contributed by atoms with Crippen LogP contribution in [0.15, 0.2) is 18.2 Å². The van der Waals surface area contributed by atoms with Crippen LogP contribution in [-0.4, -0.2) is 19.0 Å². The van der Waals surface area contributed by atoms with Gasteiger partial charge in [-0.25, -0.2) is 17.6 Å². The molecule has 1 aromatic rings. The molecule has 0 aliphatic carbocycles. The van der Waals surface area contributed by atoms with Crippen molar-refractivity contribution < 1.29 is 17.6 Å². The van der Waals surface area contributed by atoms with E-state index in [0.29, 0.717) is 6.54 Å². The fourth-order valence-corrected chi connectivity index (χ4v) is 1.46. The fraction of sp³-hybridized carbons (Fsp3) is 0.455. The van der Waals surface area contributed by atoms with Gasteiger partial charge in [0.2, 0.25) is 0 Å². The summed E-state index contributed by atoms with van der Waals surface area (Å²) in [6, 6.07) is 2.11. The van der Waals surface area contributed by atoms with Crippen molar-refractivity contribution in [3.63, 3.8) is 0 Å². The van der Waals surface area contributed by atoms with Gasteiger partial charge < -0.3 is 5.32 Å². The Hall–Kier alpha value is -1.10. The molecular formula is C11H13F4N. The van der Waals surface area contributed by atoms with Gasteiger partial charge >= 0.3 is 0 Å². The highest BCUT2D eigenvalue weighted by Gasteiger charge is 2.22. The number of rotatable bonds is 5. The minimum absolute atomic E-state index is 0.297. The van der Waals surface area contributed by atoms with Gasteiger partial charge in [-0.15, -0.1) is 0 Å². The summed E-state index contributed by atoms with van der Waals surface area (Å²) in [5.41, 5.74) is -0.297. The predicted molar refractivity (Wildman–Crippen MR) is 53.5 cm³/mol. The van der Waals surface area contributed by atoms with Gasteiger partial charge in [0.25, 0.3) is 6.43 Å². The number of halogens is 4. The van der Waals surface area contributed by atoms with E-state index in [1.54, 1.807) is 6.92 Å². The van der Waals surface area contributed by atoms with Crippen molar-refractivity contribution in [2.75, 3.05) is 6.54 Å². The maximum absolute atomic E-state index is 13.2. The molecule has 5 heteroatoms. The molecule has 0 aromatic heterocycles. The molecule has 1 rings (SSSR count). The van der Waals surface area contributed by atoms with Crippen molar-refractivity contribution in [3.8, 4) is 0 Å². The smallest absolute Gasteiger partial charge is 0.254 e. The number of likely N-dealkylation sites (N-methyl/N-ethyl adjacent to an activating group) is 1. The van der Waals surface area contributed by atoms with Crippen molar-refractivity contribution in [2.24, 2.45) is 0 Å². The Balaban J connectivity index is 2.84. The Morgan fingerprint density at radius 1 is 1.19 bits per heavy atom. The summed E-state index contributed by atoms with van der Waals surface area (Å²) < 4.78 is 51.5. The van der Waals surface area contributed by atoms with Gasteiger partial charge in [-0.1, -0.05) is 13.0 Å². The third-order valence-corrected chi connectivity index (χ3v) is 2.26. The molecule has 0 aliphatic heterocycles. The quantitative estimate of drug-likeness (QED) is 0.774. The van der Waals surface area contributed by atoms with Crippen molar-refractivity contribution >= 4 is 0 Å². The summed E-state index contributed by atoms with van der Waals surface area (Å²) in [4.78, 5) is 0.